The van der Waals surface area contributed by atoms with E-state index in [1.807, 2.05) is 69.3 Å². The molecule has 210 valence electrons. The summed E-state index contributed by atoms with van der Waals surface area (Å²) in [7, 11) is 4.65. The van der Waals surface area contributed by atoms with Crippen LogP contribution in [0, 0.1) is 0 Å². The molecule has 1 unspecified atom stereocenters. The second-order valence-corrected chi connectivity index (χ2v) is 10.4. The van der Waals surface area contributed by atoms with Gasteiger partial charge in [0, 0.05) is 17.2 Å². The minimum Gasteiger partial charge on any atom is -0.497 e. The average Bonchev–Trinajstić information content (AvgIpc) is 3.34. The number of benzene rings is 3. The molecule has 1 heterocycles. The SMILES string of the molecule is COc1cc(OC)cc(C(C(=O)NC(C)(C)C)N(Cc2ccccc2OC)C(=O)Cn2nnc3ccccc32)c1. The van der Waals surface area contributed by atoms with E-state index in [-0.39, 0.29) is 24.9 Å². The van der Waals surface area contributed by atoms with Gasteiger partial charge in [0.2, 0.25) is 11.8 Å². The fourth-order valence-corrected chi connectivity index (χ4v) is 4.49. The van der Waals surface area contributed by atoms with Gasteiger partial charge in [-0.25, -0.2) is 4.68 Å². The van der Waals surface area contributed by atoms with Gasteiger partial charge in [-0.3, -0.25) is 9.59 Å². The zero-order valence-corrected chi connectivity index (χ0v) is 23.7. The molecule has 0 aliphatic carbocycles. The number of rotatable bonds is 10. The number of hydrogen-bond donors (Lipinski definition) is 1. The van der Waals surface area contributed by atoms with Gasteiger partial charge >= 0.3 is 0 Å². The summed E-state index contributed by atoms with van der Waals surface area (Å²) in [6, 6.07) is 19.0. The lowest BCUT2D eigenvalue weighted by Gasteiger charge is -2.34. The van der Waals surface area contributed by atoms with Crippen molar-refractivity contribution in [3.05, 3.63) is 77.9 Å². The average molecular weight is 546 g/mol. The summed E-state index contributed by atoms with van der Waals surface area (Å²) in [5, 5.41) is 11.4. The summed E-state index contributed by atoms with van der Waals surface area (Å²) in [6.07, 6.45) is 0. The molecule has 0 spiro atoms. The van der Waals surface area contributed by atoms with Crippen LogP contribution in [-0.4, -0.2) is 58.6 Å². The highest BCUT2D eigenvalue weighted by Crippen LogP contribution is 2.33. The third kappa shape index (κ3) is 6.51. The molecule has 0 saturated heterocycles. The number of carbonyl (C=O) groups excluding carboxylic acids is 2. The largest absolute Gasteiger partial charge is 0.497 e. The topological polar surface area (TPSA) is 108 Å². The molecule has 40 heavy (non-hydrogen) atoms. The number of aromatic nitrogens is 3. The first-order valence-corrected chi connectivity index (χ1v) is 12.9. The van der Waals surface area contributed by atoms with E-state index in [0.717, 1.165) is 5.56 Å². The minimum atomic E-state index is -1.03. The van der Waals surface area contributed by atoms with Crippen LogP contribution >= 0.6 is 0 Å². The van der Waals surface area contributed by atoms with Crippen LogP contribution in [0.15, 0.2) is 66.7 Å². The van der Waals surface area contributed by atoms with Crippen molar-refractivity contribution in [2.75, 3.05) is 21.3 Å². The smallest absolute Gasteiger partial charge is 0.247 e. The fraction of sp³-hybridized carbons (Fsp3) is 0.333. The van der Waals surface area contributed by atoms with Crippen molar-refractivity contribution < 1.29 is 23.8 Å². The Morgan fingerprint density at radius 3 is 2.23 bits per heavy atom. The number of amides is 2. The van der Waals surface area contributed by atoms with E-state index in [1.165, 1.54) is 23.8 Å². The normalized spacial score (nSPS) is 12.1. The Kier molecular flexibility index (Phi) is 8.57. The van der Waals surface area contributed by atoms with Gasteiger partial charge in [0.15, 0.2) is 0 Å². The van der Waals surface area contributed by atoms with E-state index in [0.29, 0.717) is 33.8 Å². The molecule has 4 aromatic rings. The van der Waals surface area contributed by atoms with E-state index in [4.69, 9.17) is 14.2 Å². The molecule has 1 N–H and O–H groups in total. The highest BCUT2D eigenvalue weighted by Gasteiger charge is 2.35. The molecule has 3 aromatic carbocycles. The number of methoxy groups -OCH3 is 3. The van der Waals surface area contributed by atoms with Gasteiger partial charge in [0.05, 0.1) is 33.4 Å². The van der Waals surface area contributed by atoms with Gasteiger partial charge in [0.1, 0.15) is 35.4 Å². The summed E-state index contributed by atoms with van der Waals surface area (Å²) >= 11 is 0. The van der Waals surface area contributed by atoms with E-state index in [1.54, 1.807) is 25.3 Å². The van der Waals surface area contributed by atoms with Crippen molar-refractivity contribution in [2.24, 2.45) is 0 Å². The summed E-state index contributed by atoms with van der Waals surface area (Å²) in [4.78, 5) is 29.7. The van der Waals surface area contributed by atoms with Crippen LogP contribution in [0.2, 0.25) is 0 Å². The number of ether oxygens (including phenoxy) is 3. The zero-order chi connectivity index (χ0) is 28.9. The second-order valence-electron chi connectivity index (χ2n) is 10.4. The summed E-state index contributed by atoms with van der Waals surface area (Å²) in [5.74, 6) is 0.904. The van der Waals surface area contributed by atoms with Gasteiger partial charge in [-0.2, -0.15) is 0 Å². The first kappa shape index (κ1) is 28.4. The minimum absolute atomic E-state index is 0.0945. The Labute approximate surface area is 233 Å². The maximum absolute atomic E-state index is 14.2. The molecular weight excluding hydrogens is 510 g/mol. The van der Waals surface area contributed by atoms with E-state index in [2.05, 4.69) is 15.6 Å². The molecule has 0 saturated carbocycles. The Balaban J connectivity index is 1.86. The third-order valence-electron chi connectivity index (χ3n) is 6.31. The van der Waals surface area contributed by atoms with Gasteiger partial charge in [-0.05, 0) is 56.7 Å². The van der Waals surface area contributed by atoms with E-state index < -0.39 is 11.6 Å². The summed E-state index contributed by atoms with van der Waals surface area (Å²) in [5.41, 5.74) is 2.10. The zero-order valence-electron chi connectivity index (χ0n) is 23.7. The highest BCUT2D eigenvalue weighted by atomic mass is 16.5. The number of carbonyl (C=O) groups is 2. The Bertz CT molecular complexity index is 1470. The van der Waals surface area contributed by atoms with Crippen molar-refractivity contribution in [3.63, 3.8) is 0 Å². The van der Waals surface area contributed by atoms with Crippen molar-refractivity contribution in [2.45, 2.75) is 45.4 Å². The van der Waals surface area contributed by atoms with Crippen molar-refractivity contribution in [1.82, 2.24) is 25.2 Å². The molecule has 1 atom stereocenters. The van der Waals surface area contributed by atoms with Gasteiger partial charge in [-0.15, -0.1) is 5.10 Å². The number of fused-ring (bicyclic) bond motifs is 1. The standard InChI is InChI=1S/C30H35N5O5/c1-30(2,3)31-29(37)28(21-15-22(38-4)17-23(16-21)39-5)34(18-20-11-7-10-14-26(20)40-6)27(36)19-35-25-13-9-8-12-24(25)32-33-35/h7-17,28H,18-19H2,1-6H3,(H,31,37). The Morgan fingerprint density at radius 2 is 1.57 bits per heavy atom. The van der Waals surface area contributed by atoms with E-state index in [9.17, 15) is 9.59 Å². The van der Waals surface area contributed by atoms with Crippen LogP contribution < -0.4 is 19.5 Å². The Morgan fingerprint density at radius 1 is 0.925 bits per heavy atom. The molecule has 0 aliphatic heterocycles. The molecule has 0 radical (unpaired) electrons. The molecule has 0 aliphatic rings. The summed E-state index contributed by atoms with van der Waals surface area (Å²) < 4.78 is 18.1. The second kappa shape index (κ2) is 12.1. The van der Waals surface area contributed by atoms with Gasteiger partial charge < -0.3 is 24.4 Å². The van der Waals surface area contributed by atoms with Crippen LogP contribution in [0.4, 0.5) is 0 Å². The summed E-state index contributed by atoms with van der Waals surface area (Å²) in [6.45, 7) is 5.64. The lowest BCUT2D eigenvalue weighted by atomic mass is 9.99. The molecule has 1 aromatic heterocycles. The number of hydrogen-bond acceptors (Lipinski definition) is 7. The lowest BCUT2D eigenvalue weighted by Crippen LogP contribution is -2.49. The van der Waals surface area contributed by atoms with Crippen molar-refractivity contribution >= 4 is 22.8 Å². The van der Waals surface area contributed by atoms with Crippen LogP contribution in [0.5, 0.6) is 17.2 Å². The maximum atomic E-state index is 14.2. The fourth-order valence-electron chi connectivity index (χ4n) is 4.49. The number of nitrogens with zero attached hydrogens (tertiary/aromatic N) is 4. The van der Waals surface area contributed by atoms with Crippen LogP contribution in [0.25, 0.3) is 11.0 Å². The van der Waals surface area contributed by atoms with Crippen LogP contribution in [-0.2, 0) is 22.7 Å². The third-order valence-corrected chi connectivity index (χ3v) is 6.31. The molecule has 4 rings (SSSR count). The monoisotopic (exact) mass is 545 g/mol. The van der Waals surface area contributed by atoms with Crippen LogP contribution in [0.1, 0.15) is 37.9 Å². The predicted molar refractivity (Wildman–Crippen MR) is 151 cm³/mol. The van der Waals surface area contributed by atoms with E-state index >= 15 is 0 Å². The lowest BCUT2D eigenvalue weighted by molar-refractivity contribution is -0.142. The maximum Gasteiger partial charge on any atom is 0.247 e. The van der Waals surface area contributed by atoms with Crippen molar-refractivity contribution in [1.29, 1.82) is 0 Å². The molecular formula is C30H35N5O5. The quantitative estimate of drug-likeness (QED) is 0.319. The molecule has 10 nitrogen and oxygen atoms in total. The number of nitrogens with one attached hydrogen (secondary N) is 1. The number of para-hydroxylation sites is 2. The first-order chi connectivity index (χ1) is 19.1. The van der Waals surface area contributed by atoms with Crippen molar-refractivity contribution in [3.8, 4) is 17.2 Å². The molecule has 2 amide bonds. The van der Waals surface area contributed by atoms with Gasteiger partial charge in [-0.1, -0.05) is 35.5 Å². The van der Waals surface area contributed by atoms with Gasteiger partial charge in [0.25, 0.3) is 0 Å². The predicted octanol–water partition coefficient (Wildman–Crippen LogP) is 4.14. The molecule has 0 bridgehead atoms. The first-order valence-electron chi connectivity index (χ1n) is 12.9. The Hall–Kier alpha value is -4.60. The van der Waals surface area contributed by atoms with Crippen LogP contribution in [0.3, 0.4) is 0 Å². The highest BCUT2D eigenvalue weighted by molar-refractivity contribution is 5.90. The molecule has 10 heteroatoms. The molecule has 0 fully saturated rings.